The number of hydrogen-bond acceptors (Lipinski definition) is 6. The zero-order valence-electron chi connectivity index (χ0n) is 54.0. The van der Waals surface area contributed by atoms with Crippen molar-refractivity contribution in [2.75, 3.05) is 40.9 Å². The van der Waals surface area contributed by atoms with Crippen LogP contribution in [-0.2, 0) is 27.9 Å². The molecule has 3 unspecified atom stereocenters. The summed E-state index contributed by atoms with van der Waals surface area (Å²) in [4.78, 5) is 37.8. The molecule has 0 aromatic carbocycles. The number of nitrogens with one attached hydrogen (secondary N) is 1. The number of rotatable bonds is 60. The van der Waals surface area contributed by atoms with Gasteiger partial charge in [-0.2, -0.15) is 0 Å². The topological polar surface area (TPSA) is 111 Å². The van der Waals surface area contributed by atoms with Crippen molar-refractivity contribution in [3.8, 4) is 0 Å². The van der Waals surface area contributed by atoms with Crippen LogP contribution in [0.1, 0.15) is 284 Å². The van der Waals surface area contributed by atoms with Crippen molar-refractivity contribution in [1.29, 1.82) is 0 Å². The van der Waals surface area contributed by atoms with Gasteiger partial charge in [0.1, 0.15) is 19.3 Å². The van der Waals surface area contributed by atoms with Crippen LogP contribution in [0.25, 0.3) is 0 Å². The van der Waals surface area contributed by atoms with Gasteiger partial charge >= 0.3 is 13.8 Å². The second-order valence-corrected chi connectivity index (χ2v) is 25.1. The third-order valence-corrected chi connectivity index (χ3v) is 15.4. The van der Waals surface area contributed by atoms with Crippen LogP contribution in [0.4, 0.5) is 0 Å². The molecule has 0 saturated carbocycles. The average molecular weight is 1160 g/mol. The van der Waals surface area contributed by atoms with Crippen LogP contribution >= 0.6 is 7.82 Å². The number of phosphoric acid groups is 1. The quantitative estimate of drug-likeness (QED) is 0.0205. The predicted molar refractivity (Wildman–Crippen MR) is 355 cm³/mol. The number of esters is 1. The summed E-state index contributed by atoms with van der Waals surface area (Å²) in [6.45, 7) is 6.86. The summed E-state index contributed by atoms with van der Waals surface area (Å²) >= 11 is 0. The first-order valence-electron chi connectivity index (χ1n) is 33.7. The Kier molecular flexibility index (Phi) is 58.3. The first-order valence-corrected chi connectivity index (χ1v) is 35.2. The number of carbonyl (C=O) groups excluding carboxylic acids is 2. The van der Waals surface area contributed by atoms with Crippen molar-refractivity contribution in [3.05, 3.63) is 109 Å². The summed E-state index contributed by atoms with van der Waals surface area (Å²) in [5, 5.41) is 3.06. The SMILES string of the molecule is CC/C=C\C/C=C\C/C=C\C/C=C\C/C=C\CCCCCCCCCCCCCC(=O)NC(COP(=O)(O)OCC[N+](C)(C)C)C(/C=C\CCCCCCCCCCCC)OC(=O)CCCCCC/C=C\C/C=C\C/C=C\CCCCC. The molecule has 0 heterocycles. The van der Waals surface area contributed by atoms with Crippen LogP contribution in [0.3, 0.4) is 0 Å². The fourth-order valence-electron chi connectivity index (χ4n) is 9.27. The minimum absolute atomic E-state index is 0.0312. The predicted octanol–water partition coefficient (Wildman–Crippen LogP) is 21.3. The monoisotopic (exact) mass is 1160 g/mol. The molecule has 2 N–H and O–H groups in total. The highest BCUT2D eigenvalue weighted by molar-refractivity contribution is 7.47. The van der Waals surface area contributed by atoms with Gasteiger partial charge in [0.25, 0.3) is 0 Å². The molecule has 0 radical (unpaired) electrons. The Labute approximate surface area is 506 Å². The third-order valence-electron chi connectivity index (χ3n) is 14.4. The number of amides is 1. The lowest BCUT2D eigenvalue weighted by molar-refractivity contribution is -0.870. The Balaban J connectivity index is 5.13. The van der Waals surface area contributed by atoms with Crippen LogP contribution in [0.15, 0.2) is 109 Å². The first kappa shape index (κ1) is 78.7. The molecule has 3 atom stereocenters. The molecule has 0 aliphatic carbocycles. The molecule has 0 saturated heterocycles. The number of likely N-dealkylation sites (N-methyl/N-ethyl adjacent to an activating group) is 1. The minimum Gasteiger partial charge on any atom is -0.456 e. The van der Waals surface area contributed by atoms with Crippen LogP contribution in [-0.4, -0.2) is 74.3 Å². The molecular formula is C72H128N2O7P+. The molecular weight excluding hydrogens is 1040 g/mol. The number of ether oxygens (including phenoxy) is 1. The maximum absolute atomic E-state index is 13.6. The van der Waals surface area contributed by atoms with E-state index in [0.29, 0.717) is 23.9 Å². The molecule has 1 amide bonds. The van der Waals surface area contributed by atoms with Gasteiger partial charge in [0.15, 0.2) is 0 Å². The van der Waals surface area contributed by atoms with E-state index in [1.54, 1.807) is 0 Å². The van der Waals surface area contributed by atoms with Crippen molar-refractivity contribution in [2.24, 2.45) is 0 Å². The molecule has 472 valence electrons. The maximum Gasteiger partial charge on any atom is 0.472 e. The van der Waals surface area contributed by atoms with Gasteiger partial charge in [0.05, 0.1) is 33.8 Å². The van der Waals surface area contributed by atoms with Gasteiger partial charge in [-0.3, -0.25) is 18.6 Å². The molecule has 0 aromatic heterocycles. The van der Waals surface area contributed by atoms with Crippen molar-refractivity contribution in [2.45, 2.75) is 296 Å². The maximum atomic E-state index is 13.6. The Hall–Kier alpha value is -3.33. The summed E-state index contributed by atoms with van der Waals surface area (Å²) in [6.07, 6.45) is 83.8. The van der Waals surface area contributed by atoms with Gasteiger partial charge in [-0.15, -0.1) is 0 Å². The van der Waals surface area contributed by atoms with E-state index in [9.17, 15) is 19.0 Å². The fraction of sp³-hybridized carbons (Fsp3) is 0.722. The van der Waals surface area contributed by atoms with Crippen molar-refractivity contribution in [3.63, 3.8) is 0 Å². The van der Waals surface area contributed by atoms with Gasteiger partial charge in [-0.25, -0.2) is 4.57 Å². The summed E-state index contributed by atoms with van der Waals surface area (Å²) in [7, 11) is 1.47. The van der Waals surface area contributed by atoms with E-state index in [0.717, 1.165) is 122 Å². The number of nitrogens with zero attached hydrogens (tertiary/aromatic N) is 1. The van der Waals surface area contributed by atoms with Gasteiger partial charge in [0.2, 0.25) is 5.91 Å². The van der Waals surface area contributed by atoms with Crippen molar-refractivity contribution >= 4 is 19.7 Å². The largest absolute Gasteiger partial charge is 0.472 e. The highest BCUT2D eigenvalue weighted by Gasteiger charge is 2.30. The van der Waals surface area contributed by atoms with E-state index in [-0.39, 0.29) is 31.5 Å². The highest BCUT2D eigenvalue weighted by Crippen LogP contribution is 2.43. The molecule has 0 spiro atoms. The number of phosphoric ester groups is 1. The lowest BCUT2D eigenvalue weighted by atomic mass is 10.0. The summed E-state index contributed by atoms with van der Waals surface area (Å²) in [6, 6.07) is -0.866. The van der Waals surface area contributed by atoms with E-state index < -0.39 is 20.0 Å². The third kappa shape index (κ3) is 61.2. The van der Waals surface area contributed by atoms with Gasteiger partial charge in [-0.1, -0.05) is 265 Å². The Morgan fingerprint density at radius 3 is 1.20 bits per heavy atom. The van der Waals surface area contributed by atoms with E-state index in [1.165, 1.54) is 122 Å². The van der Waals surface area contributed by atoms with E-state index >= 15 is 0 Å². The first-order chi connectivity index (χ1) is 39.9. The minimum atomic E-state index is -4.46. The normalized spacial score (nSPS) is 14.3. The number of unbranched alkanes of at least 4 members (excludes halogenated alkanes) is 28. The number of carbonyl (C=O) groups is 2. The Bertz CT molecular complexity index is 1770. The van der Waals surface area contributed by atoms with Crippen LogP contribution in [0.5, 0.6) is 0 Å². The van der Waals surface area contributed by atoms with E-state index in [2.05, 4.69) is 123 Å². The van der Waals surface area contributed by atoms with E-state index in [1.807, 2.05) is 33.3 Å². The summed E-state index contributed by atoms with van der Waals surface area (Å²) in [5.41, 5.74) is 0. The Morgan fingerprint density at radius 2 is 0.780 bits per heavy atom. The zero-order valence-corrected chi connectivity index (χ0v) is 54.8. The van der Waals surface area contributed by atoms with Crippen molar-refractivity contribution < 1.29 is 37.3 Å². The number of allylic oxidation sites excluding steroid dienone is 17. The van der Waals surface area contributed by atoms with Crippen LogP contribution < -0.4 is 5.32 Å². The molecule has 0 aliphatic rings. The van der Waals surface area contributed by atoms with Gasteiger partial charge in [0, 0.05) is 12.8 Å². The molecule has 0 aliphatic heterocycles. The molecule has 0 bridgehead atoms. The fourth-order valence-corrected chi connectivity index (χ4v) is 10.0. The molecule has 0 aromatic rings. The van der Waals surface area contributed by atoms with Crippen molar-refractivity contribution in [1.82, 2.24) is 5.32 Å². The second kappa shape index (κ2) is 60.8. The van der Waals surface area contributed by atoms with Crippen LogP contribution in [0, 0.1) is 0 Å². The lowest BCUT2D eigenvalue weighted by Crippen LogP contribution is -2.47. The highest BCUT2D eigenvalue weighted by atomic mass is 31.2. The standard InChI is InChI=1S/C72H127N2O7P/c1-7-10-13-16-19-22-25-28-30-32-33-34-35-36-37-38-39-40-41-43-44-46-49-52-55-58-61-64-71(75)73-69(68-80-82(77,78)79-67-66-74(4,5)6)70(63-60-57-54-51-48-27-24-21-18-15-12-9-3)81-72(76)65-62-59-56-53-50-47-45-42-31-29-26-23-20-17-14-11-8-2/h10,13,19-20,22-23,28-31,33-34,36-37,45,47,60,63,69-70H,7-9,11-12,14-18,21,24-27,32,35,38-44,46,48-59,61-62,64-68H2,1-6H3,(H-,73,75,77,78)/p+1/b13-10-,22-19-,23-20-,30-28-,31-29-,34-33-,37-36-,47-45-,63-60-. The second-order valence-electron chi connectivity index (χ2n) is 23.6. The zero-order chi connectivity index (χ0) is 60.0. The average Bonchev–Trinajstić information content (AvgIpc) is 3.47. The van der Waals surface area contributed by atoms with Gasteiger partial charge in [-0.05, 0) is 115 Å². The lowest BCUT2D eigenvalue weighted by Gasteiger charge is -2.27. The van der Waals surface area contributed by atoms with E-state index in [4.69, 9.17) is 13.8 Å². The molecule has 82 heavy (non-hydrogen) atoms. The number of hydrogen-bond donors (Lipinski definition) is 2. The molecule has 10 heteroatoms. The van der Waals surface area contributed by atoms with Gasteiger partial charge < -0.3 is 19.4 Å². The van der Waals surface area contributed by atoms with Crippen LogP contribution in [0.2, 0.25) is 0 Å². The smallest absolute Gasteiger partial charge is 0.456 e. The Morgan fingerprint density at radius 1 is 0.439 bits per heavy atom. The summed E-state index contributed by atoms with van der Waals surface area (Å²) in [5.74, 6) is -0.535. The summed E-state index contributed by atoms with van der Waals surface area (Å²) < 4.78 is 30.7. The molecule has 0 rings (SSSR count). The number of quaternary nitrogens is 1. The molecule has 0 fully saturated rings. The molecule has 9 nitrogen and oxygen atoms in total.